The molecule has 0 N–H and O–H groups in total. The first-order valence-corrected chi connectivity index (χ1v) is 8.00. The lowest BCUT2D eigenvalue weighted by Gasteiger charge is -2.34. The Morgan fingerprint density at radius 2 is 1.33 bits per heavy atom. The molecule has 0 saturated carbocycles. The summed E-state index contributed by atoms with van der Waals surface area (Å²) in [6, 6.07) is 0. The van der Waals surface area contributed by atoms with Gasteiger partial charge in [0.2, 0.25) is 5.91 Å². The molecule has 0 aromatic heterocycles. The molecule has 0 spiro atoms. The third-order valence-corrected chi connectivity index (χ3v) is 3.72. The van der Waals surface area contributed by atoms with Gasteiger partial charge in [0.15, 0.2) is 0 Å². The molecule has 0 bridgehead atoms. The molecule has 0 aliphatic carbocycles. The molecule has 1 heterocycles. The van der Waals surface area contributed by atoms with Crippen LogP contribution in [0.15, 0.2) is 0 Å². The number of carbonyl (C=O) groups is 2. The van der Waals surface area contributed by atoms with E-state index in [-0.39, 0.29) is 18.1 Å². The maximum Gasteiger partial charge on any atom is 0.410 e. The molecule has 0 atom stereocenters. The molecular weight excluding hydrogens is 268 g/mol. The second-order valence-electron chi connectivity index (χ2n) is 6.76. The van der Waals surface area contributed by atoms with Crippen LogP contribution in [-0.4, -0.2) is 54.1 Å². The van der Waals surface area contributed by atoms with Gasteiger partial charge in [-0.25, -0.2) is 4.79 Å². The summed E-state index contributed by atoms with van der Waals surface area (Å²) in [7, 11) is 0. The van der Waals surface area contributed by atoms with Gasteiger partial charge in [-0.1, -0.05) is 27.7 Å². The van der Waals surface area contributed by atoms with Crippen LogP contribution in [0, 0.1) is 11.8 Å². The summed E-state index contributed by atoms with van der Waals surface area (Å²) in [6.07, 6.45) is 1.56. The molecule has 1 fully saturated rings. The minimum Gasteiger partial charge on any atom is -0.446 e. The van der Waals surface area contributed by atoms with E-state index in [9.17, 15) is 9.59 Å². The van der Waals surface area contributed by atoms with E-state index in [4.69, 9.17) is 4.74 Å². The van der Waals surface area contributed by atoms with E-state index >= 15 is 0 Å². The van der Waals surface area contributed by atoms with E-state index in [0.29, 0.717) is 38.0 Å². The van der Waals surface area contributed by atoms with E-state index in [1.54, 1.807) is 16.7 Å². The lowest BCUT2D eigenvalue weighted by atomic mass is 9.98. The first-order valence-electron chi connectivity index (χ1n) is 8.00. The van der Waals surface area contributed by atoms with Crippen LogP contribution in [0.1, 0.15) is 47.5 Å². The topological polar surface area (TPSA) is 49.9 Å². The number of amides is 2. The Hall–Kier alpha value is -1.26. The molecule has 21 heavy (non-hydrogen) atoms. The molecular formula is C16H30N2O3. The Labute approximate surface area is 128 Å². The minimum absolute atomic E-state index is 0.0108. The predicted octanol–water partition coefficient (Wildman–Crippen LogP) is 2.75. The van der Waals surface area contributed by atoms with Crippen LogP contribution in [0.4, 0.5) is 4.79 Å². The fourth-order valence-corrected chi connectivity index (χ4v) is 2.67. The van der Waals surface area contributed by atoms with Crippen molar-refractivity contribution >= 4 is 12.0 Å². The lowest BCUT2D eigenvalue weighted by Crippen LogP contribution is -2.50. The number of hydrogen-bond acceptors (Lipinski definition) is 3. The van der Waals surface area contributed by atoms with Gasteiger partial charge in [0.25, 0.3) is 0 Å². The summed E-state index contributed by atoms with van der Waals surface area (Å²) in [5.41, 5.74) is 0. The highest BCUT2D eigenvalue weighted by molar-refractivity contribution is 5.74. The normalized spacial score (nSPS) is 16.0. The molecule has 0 aromatic rings. The van der Waals surface area contributed by atoms with Crippen molar-refractivity contribution in [1.29, 1.82) is 0 Å². The molecule has 5 heteroatoms. The van der Waals surface area contributed by atoms with Crippen LogP contribution in [0.25, 0.3) is 0 Å². The molecule has 0 radical (unpaired) electrons. The Bertz CT molecular complexity index is 337. The standard InChI is InChI=1S/C16H30N2O3/c1-12(2)10-15(11-13(3)4)21-16(20)18-8-6-17(7-9-18)14(5)19/h12-13,15H,6-11H2,1-5H3. The van der Waals surface area contributed by atoms with E-state index in [1.165, 1.54) is 0 Å². The average Bonchev–Trinajstić information content (AvgIpc) is 2.37. The lowest BCUT2D eigenvalue weighted by molar-refractivity contribution is -0.130. The second-order valence-corrected chi connectivity index (χ2v) is 6.76. The molecule has 0 aromatic carbocycles. The molecule has 5 nitrogen and oxygen atoms in total. The monoisotopic (exact) mass is 298 g/mol. The van der Waals surface area contributed by atoms with Gasteiger partial charge in [-0.2, -0.15) is 0 Å². The Kier molecular flexibility index (Phi) is 6.99. The SMILES string of the molecule is CC(=O)N1CCN(C(=O)OC(CC(C)C)CC(C)C)CC1. The Morgan fingerprint density at radius 1 is 0.905 bits per heavy atom. The summed E-state index contributed by atoms with van der Waals surface area (Å²) in [5, 5.41) is 0. The smallest absolute Gasteiger partial charge is 0.410 e. The summed E-state index contributed by atoms with van der Waals surface area (Å²) < 4.78 is 5.69. The zero-order valence-electron chi connectivity index (χ0n) is 14.1. The molecule has 1 saturated heterocycles. The van der Waals surface area contributed by atoms with Crippen molar-refractivity contribution in [3.8, 4) is 0 Å². The van der Waals surface area contributed by atoms with Gasteiger partial charge in [-0.3, -0.25) is 4.79 Å². The highest BCUT2D eigenvalue weighted by Crippen LogP contribution is 2.18. The highest BCUT2D eigenvalue weighted by atomic mass is 16.6. The van der Waals surface area contributed by atoms with Crippen molar-refractivity contribution in [2.24, 2.45) is 11.8 Å². The van der Waals surface area contributed by atoms with E-state index in [1.807, 2.05) is 0 Å². The van der Waals surface area contributed by atoms with Crippen LogP contribution in [-0.2, 0) is 9.53 Å². The van der Waals surface area contributed by atoms with Crippen LogP contribution < -0.4 is 0 Å². The van der Waals surface area contributed by atoms with E-state index in [0.717, 1.165) is 12.8 Å². The summed E-state index contributed by atoms with van der Waals surface area (Å²) in [6.45, 7) is 12.5. The molecule has 0 unspecified atom stereocenters. The molecule has 1 rings (SSSR count). The van der Waals surface area contributed by atoms with Crippen molar-refractivity contribution < 1.29 is 14.3 Å². The first kappa shape index (κ1) is 17.8. The molecule has 1 aliphatic heterocycles. The summed E-state index contributed by atoms with van der Waals surface area (Å²) in [5.74, 6) is 1.09. The summed E-state index contributed by atoms with van der Waals surface area (Å²) >= 11 is 0. The maximum absolute atomic E-state index is 12.2. The zero-order valence-corrected chi connectivity index (χ0v) is 14.1. The van der Waals surface area contributed by atoms with Gasteiger partial charge < -0.3 is 14.5 Å². The molecule has 2 amide bonds. The van der Waals surface area contributed by atoms with E-state index in [2.05, 4.69) is 27.7 Å². The number of nitrogens with zero attached hydrogens (tertiary/aromatic N) is 2. The Morgan fingerprint density at radius 3 is 1.71 bits per heavy atom. The van der Waals surface area contributed by atoms with Gasteiger partial charge in [0.05, 0.1) is 0 Å². The van der Waals surface area contributed by atoms with Gasteiger partial charge in [-0.15, -0.1) is 0 Å². The number of ether oxygens (including phenoxy) is 1. The van der Waals surface area contributed by atoms with Gasteiger partial charge >= 0.3 is 6.09 Å². The van der Waals surface area contributed by atoms with E-state index < -0.39 is 0 Å². The van der Waals surface area contributed by atoms with Crippen LogP contribution in [0.3, 0.4) is 0 Å². The van der Waals surface area contributed by atoms with Crippen LogP contribution in [0.2, 0.25) is 0 Å². The number of carbonyl (C=O) groups excluding carboxylic acids is 2. The van der Waals surface area contributed by atoms with Crippen molar-refractivity contribution in [3.05, 3.63) is 0 Å². The quantitative estimate of drug-likeness (QED) is 0.784. The van der Waals surface area contributed by atoms with Gasteiger partial charge in [-0.05, 0) is 24.7 Å². The second kappa shape index (κ2) is 8.25. The minimum atomic E-state index is -0.232. The van der Waals surface area contributed by atoms with Crippen molar-refractivity contribution in [1.82, 2.24) is 9.80 Å². The third-order valence-electron chi connectivity index (χ3n) is 3.72. The Balaban J connectivity index is 2.48. The zero-order chi connectivity index (χ0) is 16.0. The van der Waals surface area contributed by atoms with Gasteiger partial charge in [0.1, 0.15) is 6.10 Å². The highest BCUT2D eigenvalue weighted by Gasteiger charge is 2.26. The number of rotatable bonds is 5. The fraction of sp³-hybridized carbons (Fsp3) is 0.875. The third kappa shape index (κ3) is 6.36. The van der Waals surface area contributed by atoms with Crippen molar-refractivity contribution in [3.63, 3.8) is 0 Å². The average molecular weight is 298 g/mol. The van der Waals surface area contributed by atoms with Crippen molar-refractivity contribution in [2.75, 3.05) is 26.2 Å². The first-order chi connectivity index (χ1) is 9.79. The van der Waals surface area contributed by atoms with Crippen LogP contribution >= 0.6 is 0 Å². The van der Waals surface area contributed by atoms with Crippen molar-refractivity contribution in [2.45, 2.75) is 53.6 Å². The largest absolute Gasteiger partial charge is 0.446 e. The molecule has 122 valence electrons. The molecule has 1 aliphatic rings. The number of hydrogen-bond donors (Lipinski definition) is 0. The predicted molar refractivity (Wildman–Crippen MR) is 83.0 cm³/mol. The summed E-state index contributed by atoms with van der Waals surface area (Å²) in [4.78, 5) is 27.0. The van der Waals surface area contributed by atoms with Gasteiger partial charge in [0, 0.05) is 33.1 Å². The van der Waals surface area contributed by atoms with Crippen LogP contribution in [0.5, 0.6) is 0 Å². The fourth-order valence-electron chi connectivity index (χ4n) is 2.67. The maximum atomic E-state index is 12.2. The number of piperazine rings is 1.